The van der Waals surface area contributed by atoms with Gasteiger partial charge >= 0.3 is 0 Å². The van der Waals surface area contributed by atoms with Crippen molar-refractivity contribution in [2.75, 3.05) is 4.72 Å². The van der Waals surface area contributed by atoms with Crippen LogP contribution < -0.4 is 10.0 Å². The molecule has 0 saturated heterocycles. The quantitative estimate of drug-likeness (QED) is 0.682. The second-order valence-corrected chi connectivity index (χ2v) is 7.23. The number of nitriles is 1. The molecule has 2 N–H and O–H groups in total. The Morgan fingerprint density at radius 3 is 2.44 bits per heavy atom. The number of hydrogen-bond acceptors (Lipinski definition) is 5. The SMILES string of the molecule is N#Cc1ccc(S(=O)(=O)Nc2ccccc2C(=O)NCc2ccco2)cc1. The fraction of sp³-hybridized carbons (Fsp3) is 0.0526. The highest BCUT2D eigenvalue weighted by atomic mass is 32.2. The zero-order chi connectivity index (χ0) is 19.3. The van der Waals surface area contributed by atoms with Gasteiger partial charge in [0.1, 0.15) is 5.76 Å². The lowest BCUT2D eigenvalue weighted by Gasteiger charge is -2.12. The molecule has 0 fully saturated rings. The molecule has 136 valence electrons. The van der Waals surface area contributed by atoms with Gasteiger partial charge in [-0.15, -0.1) is 0 Å². The van der Waals surface area contributed by atoms with E-state index in [1.54, 1.807) is 24.3 Å². The highest BCUT2D eigenvalue weighted by Crippen LogP contribution is 2.20. The number of amides is 1. The van der Waals surface area contributed by atoms with Crippen molar-refractivity contribution < 1.29 is 17.6 Å². The summed E-state index contributed by atoms with van der Waals surface area (Å²) in [5.41, 5.74) is 0.687. The molecule has 0 bridgehead atoms. The summed E-state index contributed by atoms with van der Waals surface area (Å²) in [7, 11) is -3.91. The van der Waals surface area contributed by atoms with Gasteiger partial charge in [0, 0.05) is 0 Å². The predicted molar refractivity (Wildman–Crippen MR) is 98.3 cm³/mol. The molecule has 0 saturated carbocycles. The first-order valence-corrected chi connectivity index (χ1v) is 9.40. The first-order valence-electron chi connectivity index (χ1n) is 7.92. The van der Waals surface area contributed by atoms with E-state index in [0.29, 0.717) is 11.3 Å². The van der Waals surface area contributed by atoms with Crippen LogP contribution in [-0.4, -0.2) is 14.3 Å². The maximum atomic E-state index is 12.6. The lowest BCUT2D eigenvalue weighted by molar-refractivity contribution is 0.0949. The van der Waals surface area contributed by atoms with Crippen LogP contribution in [0.2, 0.25) is 0 Å². The normalized spacial score (nSPS) is 10.8. The minimum atomic E-state index is -3.91. The number of benzene rings is 2. The molecule has 0 spiro atoms. The molecule has 0 aliphatic heterocycles. The van der Waals surface area contributed by atoms with E-state index in [4.69, 9.17) is 9.68 Å². The van der Waals surface area contributed by atoms with Gasteiger partial charge in [-0.05, 0) is 48.5 Å². The van der Waals surface area contributed by atoms with Crippen LogP contribution in [0.1, 0.15) is 21.7 Å². The van der Waals surface area contributed by atoms with E-state index in [1.165, 1.54) is 42.7 Å². The average molecular weight is 381 g/mol. The minimum Gasteiger partial charge on any atom is -0.467 e. The van der Waals surface area contributed by atoms with Gasteiger partial charge in [0.2, 0.25) is 0 Å². The summed E-state index contributed by atoms with van der Waals surface area (Å²) in [4.78, 5) is 12.4. The molecular formula is C19H15N3O4S. The molecule has 0 unspecified atom stereocenters. The summed E-state index contributed by atoms with van der Waals surface area (Å²) in [5.74, 6) is 0.142. The van der Waals surface area contributed by atoms with Gasteiger partial charge in [-0.3, -0.25) is 9.52 Å². The number of para-hydroxylation sites is 1. The van der Waals surface area contributed by atoms with Gasteiger partial charge in [0.05, 0.1) is 40.6 Å². The van der Waals surface area contributed by atoms with Crippen LogP contribution in [0.5, 0.6) is 0 Å². The number of hydrogen-bond donors (Lipinski definition) is 2. The van der Waals surface area contributed by atoms with Crippen molar-refractivity contribution >= 4 is 21.6 Å². The van der Waals surface area contributed by atoms with Gasteiger partial charge in [0.15, 0.2) is 0 Å². The average Bonchev–Trinajstić information content (AvgIpc) is 3.20. The van der Waals surface area contributed by atoms with E-state index in [-0.39, 0.29) is 22.7 Å². The molecule has 27 heavy (non-hydrogen) atoms. The van der Waals surface area contributed by atoms with Crippen LogP contribution in [-0.2, 0) is 16.6 Å². The number of rotatable bonds is 6. The summed E-state index contributed by atoms with van der Waals surface area (Å²) >= 11 is 0. The molecule has 0 aliphatic rings. The summed E-state index contributed by atoms with van der Waals surface area (Å²) in [6, 6.07) is 17.1. The van der Waals surface area contributed by atoms with Crippen molar-refractivity contribution in [3.05, 3.63) is 83.8 Å². The number of carbonyl (C=O) groups is 1. The van der Waals surface area contributed by atoms with Crippen LogP contribution in [0.15, 0.2) is 76.2 Å². The largest absolute Gasteiger partial charge is 0.467 e. The number of sulfonamides is 1. The van der Waals surface area contributed by atoms with Crippen LogP contribution >= 0.6 is 0 Å². The van der Waals surface area contributed by atoms with Crippen molar-refractivity contribution in [1.82, 2.24) is 5.32 Å². The molecule has 0 radical (unpaired) electrons. The number of nitrogens with zero attached hydrogens (tertiary/aromatic N) is 1. The van der Waals surface area contributed by atoms with E-state index < -0.39 is 15.9 Å². The van der Waals surface area contributed by atoms with Gasteiger partial charge in [0.25, 0.3) is 15.9 Å². The highest BCUT2D eigenvalue weighted by molar-refractivity contribution is 7.92. The Labute approximate surface area is 156 Å². The fourth-order valence-corrected chi connectivity index (χ4v) is 3.44. The first-order chi connectivity index (χ1) is 13.0. The minimum absolute atomic E-state index is 0.00713. The number of nitrogens with one attached hydrogen (secondary N) is 2. The Balaban J connectivity index is 1.80. The molecule has 7 nitrogen and oxygen atoms in total. The van der Waals surface area contributed by atoms with Gasteiger partial charge < -0.3 is 9.73 Å². The van der Waals surface area contributed by atoms with Crippen molar-refractivity contribution in [2.24, 2.45) is 0 Å². The zero-order valence-electron chi connectivity index (χ0n) is 14.0. The topological polar surface area (TPSA) is 112 Å². The second-order valence-electron chi connectivity index (χ2n) is 5.55. The van der Waals surface area contributed by atoms with Crippen LogP contribution in [0.4, 0.5) is 5.69 Å². The predicted octanol–water partition coefficient (Wildman–Crippen LogP) is 2.88. The van der Waals surface area contributed by atoms with E-state index >= 15 is 0 Å². The summed E-state index contributed by atoms with van der Waals surface area (Å²) < 4.78 is 32.7. The molecule has 1 heterocycles. The Hall–Kier alpha value is -3.57. The molecule has 0 atom stereocenters. The Morgan fingerprint density at radius 1 is 1.04 bits per heavy atom. The highest BCUT2D eigenvalue weighted by Gasteiger charge is 2.18. The third-order valence-corrected chi connectivity index (χ3v) is 5.09. The Morgan fingerprint density at radius 2 is 1.78 bits per heavy atom. The number of anilines is 1. The molecule has 1 aromatic heterocycles. The van der Waals surface area contributed by atoms with Crippen LogP contribution in [0.3, 0.4) is 0 Å². The third-order valence-electron chi connectivity index (χ3n) is 3.71. The molecule has 2 aromatic carbocycles. The Kier molecular flexibility index (Phi) is 5.24. The molecule has 0 aliphatic carbocycles. The lowest BCUT2D eigenvalue weighted by atomic mass is 10.1. The van der Waals surface area contributed by atoms with E-state index in [1.807, 2.05) is 6.07 Å². The lowest BCUT2D eigenvalue weighted by Crippen LogP contribution is -2.24. The molecule has 3 aromatic rings. The zero-order valence-corrected chi connectivity index (χ0v) is 14.9. The number of carbonyl (C=O) groups excluding carboxylic acids is 1. The summed E-state index contributed by atoms with van der Waals surface area (Å²) in [6.07, 6.45) is 1.50. The first kappa shape index (κ1) is 18.2. The van der Waals surface area contributed by atoms with Crippen molar-refractivity contribution in [2.45, 2.75) is 11.4 Å². The van der Waals surface area contributed by atoms with E-state index in [0.717, 1.165) is 0 Å². The van der Waals surface area contributed by atoms with Gasteiger partial charge in [-0.1, -0.05) is 12.1 Å². The third kappa shape index (κ3) is 4.34. The van der Waals surface area contributed by atoms with Gasteiger partial charge in [-0.2, -0.15) is 5.26 Å². The summed E-state index contributed by atoms with van der Waals surface area (Å²) in [5, 5.41) is 11.5. The van der Waals surface area contributed by atoms with Gasteiger partial charge in [-0.25, -0.2) is 8.42 Å². The standard InChI is InChI=1S/C19H15N3O4S/c20-12-14-7-9-16(10-8-14)27(24,25)22-18-6-2-1-5-17(18)19(23)21-13-15-4-3-11-26-15/h1-11,22H,13H2,(H,21,23). The molecule has 8 heteroatoms. The maximum absolute atomic E-state index is 12.6. The summed E-state index contributed by atoms with van der Waals surface area (Å²) in [6.45, 7) is 0.183. The van der Waals surface area contributed by atoms with Crippen molar-refractivity contribution in [1.29, 1.82) is 5.26 Å². The van der Waals surface area contributed by atoms with E-state index in [2.05, 4.69) is 10.0 Å². The van der Waals surface area contributed by atoms with Crippen LogP contribution in [0.25, 0.3) is 0 Å². The fourth-order valence-electron chi connectivity index (χ4n) is 2.36. The monoisotopic (exact) mass is 381 g/mol. The Bertz CT molecular complexity index is 1080. The van der Waals surface area contributed by atoms with Crippen molar-refractivity contribution in [3.8, 4) is 6.07 Å². The van der Waals surface area contributed by atoms with Crippen molar-refractivity contribution in [3.63, 3.8) is 0 Å². The molecular weight excluding hydrogens is 366 g/mol. The number of furan rings is 1. The maximum Gasteiger partial charge on any atom is 0.261 e. The van der Waals surface area contributed by atoms with E-state index in [9.17, 15) is 13.2 Å². The second kappa shape index (κ2) is 7.76. The smallest absolute Gasteiger partial charge is 0.261 e. The van der Waals surface area contributed by atoms with Crippen LogP contribution in [0, 0.1) is 11.3 Å². The molecule has 1 amide bonds. The molecule has 3 rings (SSSR count).